The average molecular weight is 485 g/mol. The summed E-state index contributed by atoms with van der Waals surface area (Å²) < 4.78 is 5.57. The highest BCUT2D eigenvalue weighted by atomic mass is 16.5. The zero-order valence-electron chi connectivity index (χ0n) is 24.1. The molecule has 35 heavy (non-hydrogen) atoms. The number of rotatable bonds is 5. The molecule has 3 nitrogen and oxygen atoms in total. The quantitative estimate of drug-likeness (QED) is 0.370. The fraction of sp³-hybridized carbons (Fsp3) is 0.875. The van der Waals surface area contributed by atoms with E-state index in [1.54, 1.807) is 0 Å². The van der Waals surface area contributed by atoms with Crippen LogP contribution in [0.15, 0.2) is 11.6 Å². The van der Waals surface area contributed by atoms with Gasteiger partial charge in [-0.1, -0.05) is 61.0 Å². The van der Waals surface area contributed by atoms with Gasteiger partial charge in [0.2, 0.25) is 0 Å². The first-order chi connectivity index (χ1) is 16.1. The molecule has 0 saturated heterocycles. The number of hydrogen-bond donors (Lipinski definition) is 0. The molecule has 0 bridgehead atoms. The molecule has 0 aromatic carbocycles. The van der Waals surface area contributed by atoms with Crippen molar-refractivity contribution in [1.82, 2.24) is 0 Å². The first-order valence-electron chi connectivity index (χ1n) is 14.6. The Labute approximate surface area is 215 Å². The zero-order chi connectivity index (χ0) is 26.0. The Morgan fingerprint density at radius 3 is 2.37 bits per heavy atom. The number of allylic oxidation sites excluding steroid dienone is 2. The lowest BCUT2D eigenvalue weighted by molar-refractivity contribution is -0.156. The van der Waals surface area contributed by atoms with E-state index in [4.69, 9.17) is 4.74 Å². The fourth-order valence-corrected chi connectivity index (χ4v) is 9.24. The summed E-state index contributed by atoms with van der Waals surface area (Å²) in [6.45, 7) is 21.0. The van der Waals surface area contributed by atoms with Gasteiger partial charge in [-0.15, -0.1) is 0 Å². The second-order valence-electron chi connectivity index (χ2n) is 15.0. The molecule has 0 aromatic rings. The van der Waals surface area contributed by atoms with Gasteiger partial charge in [0, 0.05) is 12.8 Å². The molecule has 3 saturated carbocycles. The van der Waals surface area contributed by atoms with E-state index < -0.39 is 0 Å². The van der Waals surface area contributed by atoms with Crippen molar-refractivity contribution in [1.29, 1.82) is 0 Å². The maximum absolute atomic E-state index is 13.6. The van der Waals surface area contributed by atoms with Gasteiger partial charge in [0.25, 0.3) is 0 Å². The molecule has 3 fully saturated rings. The lowest BCUT2D eigenvalue weighted by Gasteiger charge is -2.61. The van der Waals surface area contributed by atoms with E-state index in [0.717, 1.165) is 24.7 Å². The van der Waals surface area contributed by atoms with Crippen LogP contribution in [0.2, 0.25) is 0 Å². The van der Waals surface area contributed by atoms with Gasteiger partial charge < -0.3 is 4.74 Å². The van der Waals surface area contributed by atoms with Gasteiger partial charge in [0.05, 0.1) is 0 Å². The van der Waals surface area contributed by atoms with E-state index in [1.807, 2.05) is 0 Å². The van der Waals surface area contributed by atoms with Gasteiger partial charge >= 0.3 is 5.97 Å². The zero-order valence-corrected chi connectivity index (χ0v) is 24.1. The maximum atomic E-state index is 13.6. The van der Waals surface area contributed by atoms with Crippen LogP contribution in [0, 0.1) is 51.2 Å². The summed E-state index contributed by atoms with van der Waals surface area (Å²) in [7, 11) is 0. The molecule has 0 aliphatic heterocycles. The van der Waals surface area contributed by atoms with Crippen molar-refractivity contribution in [2.24, 2.45) is 51.2 Å². The number of esters is 1. The third-order valence-electron chi connectivity index (χ3n) is 12.0. The van der Waals surface area contributed by atoms with E-state index in [0.29, 0.717) is 29.5 Å². The molecule has 198 valence electrons. The largest absolute Gasteiger partial charge is 0.463 e. The SMILES string of the molecule is CC(=O)O[C@H]1CC[C@]2(C)C3CC[C@]4(C)[C@@H]([C@H](C)[C@H](C)CCC(C)(C)C)CC[C@@]4(C)C3=CC(=O)[C@@H]2C1. The second kappa shape index (κ2) is 9.02. The summed E-state index contributed by atoms with van der Waals surface area (Å²) in [6.07, 6.45) is 12.2. The Balaban J connectivity index is 1.59. The van der Waals surface area contributed by atoms with Crippen LogP contribution in [-0.2, 0) is 14.3 Å². The summed E-state index contributed by atoms with van der Waals surface area (Å²) >= 11 is 0. The molecule has 0 N–H and O–H groups in total. The predicted molar refractivity (Wildman–Crippen MR) is 143 cm³/mol. The standard InChI is InChI=1S/C32H52O3/c1-20(10-14-29(4,5)6)21(2)24-12-16-32(9)26-19-28(34)27-18-23(35-22(3)33)11-15-30(27,7)25(26)13-17-31(24,32)8/h19-21,23-25,27H,10-18H2,1-9H3/t20-,21-,23+,24-,25?,27+,30-,31-,32+/m1/s1. The van der Waals surface area contributed by atoms with Crippen LogP contribution in [0.5, 0.6) is 0 Å². The van der Waals surface area contributed by atoms with Crippen LogP contribution in [0.1, 0.15) is 120 Å². The molecular formula is C32H52O3. The molecule has 4 aliphatic carbocycles. The first kappa shape index (κ1) is 26.9. The summed E-state index contributed by atoms with van der Waals surface area (Å²) in [4.78, 5) is 25.2. The highest BCUT2D eigenvalue weighted by molar-refractivity contribution is 5.94. The second-order valence-corrected chi connectivity index (χ2v) is 15.0. The molecule has 9 atom stereocenters. The van der Waals surface area contributed by atoms with E-state index in [9.17, 15) is 9.59 Å². The minimum Gasteiger partial charge on any atom is -0.463 e. The van der Waals surface area contributed by atoms with Crippen molar-refractivity contribution in [3.05, 3.63) is 11.6 Å². The minimum atomic E-state index is -0.220. The van der Waals surface area contributed by atoms with Crippen LogP contribution in [0.3, 0.4) is 0 Å². The highest BCUT2D eigenvalue weighted by Gasteiger charge is 2.65. The van der Waals surface area contributed by atoms with Gasteiger partial charge in [-0.2, -0.15) is 0 Å². The van der Waals surface area contributed by atoms with E-state index in [1.165, 1.54) is 51.0 Å². The molecule has 1 unspecified atom stereocenters. The average Bonchev–Trinajstić information content (AvgIpc) is 3.03. The smallest absolute Gasteiger partial charge is 0.302 e. The molecule has 0 amide bonds. The lowest BCUT2D eigenvalue weighted by Crippen LogP contribution is -2.55. The van der Waals surface area contributed by atoms with E-state index in [2.05, 4.69) is 61.5 Å². The Kier molecular flexibility index (Phi) is 6.94. The maximum Gasteiger partial charge on any atom is 0.302 e. The number of hydrogen-bond acceptors (Lipinski definition) is 3. The molecule has 0 heterocycles. The summed E-state index contributed by atoms with van der Waals surface area (Å²) in [5.41, 5.74) is 2.27. The highest BCUT2D eigenvalue weighted by Crippen LogP contribution is 2.72. The Morgan fingerprint density at radius 1 is 1.06 bits per heavy atom. The Hall–Kier alpha value is -1.12. The molecular weight excluding hydrogens is 432 g/mol. The predicted octanol–water partition coefficient (Wildman–Crippen LogP) is 8.16. The van der Waals surface area contributed by atoms with Gasteiger partial charge in [-0.05, 0) is 109 Å². The summed E-state index contributed by atoms with van der Waals surface area (Å²) in [6, 6.07) is 0. The van der Waals surface area contributed by atoms with Crippen molar-refractivity contribution >= 4 is 11.8 Å². The number of carbonyl (C=O) groups excluding carboxylic acids is 2. The third-order valence-corrected chi connectivity index (χ3v) is 12.0. The van der Waals surface area contributed by atoms with Crippen molar-refractivity contribution in [3.63, 3.8) is 0 Å². The first-order valence-corrected chi connectivity index (χ1v) is 14.6. The van der Waals surface area contributed by atoms with Crippen molar-refractivity contribution in [3.8, 4) is 0 Å². The van der Waals surface area contributed by atoms with Gasteiger partial charge in [0.15, 0.2) is 5.78 Å². The van der Waals surface area contributed by atoms with Crippen LogP contribution >= 0.6 is 0 Å². The molecule has 4 rings (SSSR count). The van der Waals surface area contributed by atoms with E-state index in [-0.39, 0.29) is 34.2 Å². The normalized spacial score (nSPS) is 42.9. The van der Waals surface area contributed by atoms with Crippen molar-refractivity contribution < 1.29 is 14.3 Å². The number of carbonyl (C=O) groups is 2. The summed E-state index contributed by atoms with van der Waals surface area (Å²) in [5.74, 6) is 2.74. The van der Waals surface area contributed by atoms with Crippen molar-refractivity contribution in [2.45, 2.75) is 126 Å². The number of ketones is 1. The Bertz CT molecular complexity index is 880. The number of ether oxygens (including phenoxy) is 1. The number of fused-ring (bicyclic) bond motifs is 5. The molecule has 3 heteroatoms. The van der Waals surface area contributed by atoms with Gasteiger partial charge in [0.1, 0.15) is 6.10 Å². The van der Waals surface area contributed by atoms with Crippen LogP contribution < -0.4 is 0 Å². The molecule has 4 aliphatic rings. The van der Waals surface area contributed by atoms with Crippen molar-refractivity contribution in [2.75, 3.05) is 0 Å². The topological polar surface area (TPSA) is 43.4 Å². The molecule has 0 spiro atoms. The fourth-order valence-electron chi connectivity index (χ4n) is 9.24. The van der Waals surface area contributed by atoms with Crippen LogP contribution in [-0.4, -0.2) is 17.9 Å². The monoisotopic (exact) mass is 484 g/mol. The van der Waals surface area contributed by atoms with E-state index >= 15 is 0 Å². The minimum absolute atomic E-state index is 0.00384. The van der Waals surface area contributed by atoms with Gasteiger partial charge in [-0.3, -0.25) is 9.59 Å². The van der Waals surface area contributed by atoms with Crippen LogP contribution in [0.4, 0.5) is 0 Å². The molecule has 0 aromatic heterocycles. The lowest BCUT2D eigenvalue weighted by atomic mass is 9.43. The Morgan fingerprint density at radius 2 is 1.74 bits per heavy atom. The summed E-state index contributed by atoms with van der Waals surface area (Å²) in [5, 5.41) is 0. The van der Waals surface area contributed by atoms with Gasteiger partial charge in [-0.25, -0.2) is 0 Å². The van der Waals surface area contributed by atoms with Crippen LogP contribution in [0.25, 0.3) is 0 Å². The third kappa shape index (κ3) is 4.46. The molecule has 0 radical (unpaired) electrons.